The molecule has 2 atom stereocenters. The lowest BCUT2D eigenvalue weighted by Gasteiger charge is -2.32. The first-order valence-electron chi connectivity index (χ1n) is 11.7. The molecule has 0 spiro atoms. The molecule has 1 aromatic carbocycles. The molecule has 8 nitrogen and oxygen atoms in total. The van der Waals surface area contributed by atoms with Crippen LogP contribution in [-0.4, -0.2) is 46.1 Å². The van der Waals surface area contributed by atoms with Crippen LogP contribution >= 0.6 is 0 Å². The molecule has 0 radical (unpaired) electrons. The minimum atomic E-state index is -1.14. The van der Waals surface area contributed by atoms with Gasteiger partial charge in [-0.25, -0.2) is 4.79 Å². The molecule has 0 aliphatic carbocycles. The number of phenolic OH excluding ortho intramolecular Hbond substituents is 1. The number of carbonyl (C=O) groups is 3. The zero-order valence-electron chi connectivity index (χ0n) is 21.4. The monoisotopic (exact) mass is 473 g/mol. The van der Waals surface area contributed by atoms with Crippen molar-refractivity contribution < 1.29 is 24.2 Å². The van der Waals surface area contributed by atoms with E-state index in [2.05, 4.69) is 23.6 Å². The molecular formula is C26H39N3O5. The average Bonchev–Trinajstić information content (AvgIpc) is 2.73. The van der Waals surface area contributed by atoms with Gasteiger partial charge >= 0.3 is 6.09 Å². The zero-order valence-corrected chi connectivity index (χ0v) is 21.4. The molecule has 0 aliphatic rings. The zero-order chi connectivity index (χ0) is 26.1. The van der Waals surface area contributed by atoms with Crippen molar-refractivity contribution >= 4 is 17.9 Å². The first-order valence-corrected chi connectivity index (χ1v) is 11.7. The molecule has 8 heteroatoms. The third-order valence-electron chi connectivity index (χ3n) is 5.10. The number of aromatic hydroxyl groups is 1. The smallest absolute Gasteiger partial charge is 0.408 e. The largest absolute Gasteiger partial charge is 0.508 e. The summed E-state index contributed by atoms with van der Waals surface area (Å²) in [6.45, 7) is 12.9. The summed E-state index contributed by atoms with van der Waals surface area (Å²) in [6, 6.07) is 4.82. The number of nitrogens with zero attached hydrogens (tertiary/aromatic N) is 1. The second kappa shape index (κ2) is 12.9. The summed E-state index contributed by atoms with van der Waals surface area (Å²) in [5.41, 5.74) is 0.248. The van der Waals surface area contributed by atoms with Gasteiger partial charge in [-0.05, 0) is 63.3 Å². The quantitative estimate of drug-likeness (QED) is 0.270. The Morgan fingerprint density at radius 1 is 1.21 bits per heavy atom. The Kier molecular flexibility index (Phi) is 10.9. The number of ether oxygens (including phenoxy) is 1. The minimum absolute atomic E-state index is 0.0658. The van der Waals surface area contributed by atoms with Gasteiger partial charge in [-0.1, -0.05) is 46.1 Å². The number of aryl methyl sites for hydroxylation is 1. The molecule has 0 aromatic heterocycles. The normalized spacial score (nSPS) is 12.9. The number of phenols is 1. The van der Waals surface area contributed by atoms with Crippen molar-refractivity contribution in [3.8, 4) is 18.2 Å². The molecule has 0 bridgehead atoms. The summed E-state index contributed by atoms with van der Waals surface area (Å²) in [5, 5.41) is 15.4. The number of amides is 3. The standard InChI is InChI=1S/C26H39N3O5/c1-9-11-12-15-27-23(31)22(19-13-14-20(30)18(5)16-19)29(10-2)24(32)21(17(3)4)28-25(33)34-26(6,7)8/h2,13-14,16-17,21-22,30H,9,11-12,15H2,1,3-8H3,(H,27,31)(H,28,33). The Morgan fingerprint density at radius 3 is 2.35 bits per heavy atom. The highest BCUT2D eigenvalue weighted by atomic mass is 16.6. The Morgan fingerprint density at radius 2 is 1.85 bits per heavy atom. The molecule has 0 heterocycles. The van der Waals surface area contributed by atoms with Crippen LogP contribution in [0.4, 0.5) is 4.79 Å². The molecule has 34 heavy (non-hydrogen) atoms. The second-order valence-electron chi connectivity index (χ2n) is 9.65. The maximum Gasteiger partial charge on any atom is 0.408 e. The van der Waals surface area contributed by atoms with Gasteiger partial charge in [-0.3, -0.25) is 14.5 Å². The van der Waals surface area contributed by atoms with Crippen molar-refractivity contribution in [3.63, 3.8) is 0 Å². The van der Waals surface area contributed by atoms with E-state index in [0.29, 0.717) is 17.7 Å². The fourth-order valence-electron chi connectivity index (χ4n) is 3.31. The van der Waals surface area contributed by atoms with Gasteiger partial charge in [-0.15, -0.1) is 0 Å². The van der Waals surface area contributed by atoms with E-state index < -0.39 is 35.6 Å². The van der Waals surface area contributed by atoms with E-state index in [1.165, 1.54) is 6.07 Å². The highest BCUT2D eigenvalue weighted by Crippen LogP contribution is 2.27. The van der Waals surface area contributed by atoms with Gasteiger partial charge in [0.2, 0.25) is 5.91 Å². The van der Waals surface area contributed by atoms with Crippen molar-refractivity contribution in [1.82, 2.24) is 15.5 Å². The van der Waals surface area contributed by atoms with E-state index in [0.717, 1.165) is 24.2 Å². The van der Waals surface area contributed by atoms with Crippen LogP contribution in [0.25, 0.3) is 0 Å². The second-order valence-corrected chi connectivity index (χ2v) is 9.65. The van der Waals surface area contributed by atoms with Gasteiger partial charge in [0.25, 0.3) is 5.91 Å². The van der Waals surface area contributed by atoms with Crippen molar-refractivity contribution in [3.05, 3.63) is 29.3 Å². The van der Waals surface area contributed by atoms with E-state index in [4.69, 9.17) is 11.2 Å². The number of benzene rings is 1. The lowest BCUT2D eigenvalue weighted by atomic mass is 9.98. The fourth-order valence-corrected chi connectivity index (χ4v) is 3.31. The first kappa shape index (κ1) is 28.8. The van der Waals surface area contributed by atoms with Crippen LogP contribution in [0.15, 0.2) is 18.2 Å². The van der Waals surface area contributed by atoms with Crippen molar-refractivity contribution in [2.45, 2.75) is 85.4 Å². The summed E-state index contributed by atoms with van der Waals surface area (Å²) in [6.07, 6.45) is 7.74. The highest BCUT2D eigenvalue weighted by Gasteiger charge is 2.37. The molecule has 3 N–H and O–H groups in total. The maximum absolute atomic E-state index is 13.5. The molecule has 0 aliphatic heterocycles. The highest BCUT2D eigenvalue weighted by molar-refractivity contribution is 5.93. The van der Waals surface area contributed by atoms with Crippen LogP contribution < -0.4 is 10.6 Å². The molecule has 1 rings (SSSR count). The predicted molar refractivity (Wildman–Crippen MR) is 132 cm³/mol. The molecule has 0 fully saturated rings. The van der Waals surface area contributed by atoms with Gasteiger partial charge < -0.3 is 20.5 Å². The van der Waals surface area contributed by atoms with Gasteiger partial charge in [0.1, 0.15) is 23.4 Å². The van der Waals surface area contributed by atoms with Crippen LogP contribution in [0.3, 0.4) is 0 Å². The Balaban J connectivity index is 3.32. The lowest BCUT2D eigenvalue weighted by Crippen LogP contribution is -2.53. The van der Waals surface area contributed by atoms with Gasteiger partial charge in [0.15, 0.2) is 0 Å². The average molecular weight is 474 g/mol. The van der Waals surface area contributed by atoms with Crippen molar-refractivity contribution in [2.24, 2.45) is 5.92 Å². The van der Waals surface area contributed by atoms with Gasteiger partial charge in [0, 0.05) is 12.6 Å². The molecule has 3 amide bonds. The number of terminal acetylenes is 1. The number of hydrogen-bond acceptors (Lipinski definition) is 5. The van der Waals surface area contributed by atoms with E-state index in [1.54, 1.807) is 53.7 Å². The molecule has 188 valence electrons. The van der Waals surface area contributed by atoms with Crippen molar-refractivity contribution in [1.29, 1.82) is 0 Å². The number of hydrogen-bond donors (Lipinski definition) is 3. The van der Waals surface area contributed by atoms with Crippen LogP contribution in [-0.2, 0) is 14.3 Å². The number of nitrogens with one attached hydrogen (secondary N) is 2. The maximum atomic E-state index is 13.5. The predicted octanol–water partition coefficient (Wildman–Crippen LogP) is 4.02. The van der Waals surface area contributed by atoms with Crippen LogP contribution in [0.5, 0.6) is 5.75 Å². The number of alkyl carbamates (subject to hydrolysis) is 1. The van der Waals surface area contributed by atoms with Gasteiger partial charge in [0.05, 0.1) is 0 Å². The molecule has 0 saturated carbocycles. The molecular weight excluding hydrogens is 434 g/mol. The third kappa shape index (κ3) is 8.62. The summed E-state index contributed by atoms with van der Waals surface area (Å²) in [7, 11) is 0. The Bertz CT molecular complexity index is 899. The van der Waals surface area contributed by atoms with Gasteiger partial charge in [-0.2, -0.15) is 0 Å². The number of carbonyl (C=O) groups excluding carboxylic acids is 3. The van der Waals surface area contributed by atoms with Crippen LogP contribution in [0.1, 0.15) is 78.0 Å². The minimum Gasteiger partial charge on any atom is -0.508 e. The fraction of sp³-hybridized carbons (Fsp3) is 0.577. The number of unbranched alkanes of at least 4 members (excludes halogenated alkanes) is 2. The topological polar surface area (TPSA) is 108 Å². The Labute approximate surface area is 203 Å². The summed E-state index contributed by atoms with van der Waals surface area (Å²) < 4.78 is 5.30. The summed E-state index contributed by atoms with van der Waals surface area (Å²) >= 11 is 0. The van der Waals surface area contributed by atoms with Crippen LogP contribution in [0, 0.1) is 25.3 Å². The van der Waals surface area contributed by atoms with E-state index in [9.17, 15) is 19.5 Å². The number of rotatable bonds is 10. The lowest BCUT2D eigenvalue weighted by molar-refractivity contribution is -0.139. The van der Waals surface area contributed by atoms with E-state index >= 15 is 0 Å². The van der Waals surface area contributed by atoms with Crippen molar-refractivity contribution in [2.75, 3.05) is 6.54 Å². The SMILES string of the molecule is C#CN(C(=O)C(NC(=O)OC(C)(C)C)C(C)C)C(C(=O)NCCCCC)c1ccc(O)c(C)c1. The van der Waals surface area contributed by atoms with E-state index in [1.807, 2.05) is 0 Å². The van der Waals surface area contributed by atoms with Crippen LogP contribution in [0.2, 0.25) is 0 Å². The first-order chi connectivity index (χ1) is 15.8. The Hall–Kier alpha value is -3.21. The summed E-state index contributed by atoms with van der Waals surface area (Å²) in [5.74, 6) is -1.31. The van der Waals surface area contributed by atoms with E-state index in [-0.39, 0.29) is 11.7 Å². The molecule has 2 unspecified atom stereocenters. The molecule has 1 aromatic rings. The third-order valence-corrected chi connectivity index (χ3v) is 5.10. The molecule has 0 saturated heterocycles. The summed E-state index contributed by atoms with van der Waals surface area (Å²) in [4.78, 5) is 40.2.